The molecule has 2 aromatic heterocycles. The Kier molecular flexibility index (Phi) is 2.05. The van der Waals surface area contributed by atoms with Crippen LogP contribution >= 0.6 is 11.8 Å². The summed E-state index contributed by atoms with van der Waals surface area (Å²) in [6.45, 7) is 0. The fourth-order valence-corrected chi connectivity index (χ4v) is 3.07. The van der Waals surface area contributed by atoms with E-state index in [-0.39, 0.29) is 0 Å². The summed E-state index contributed by atoms with van der Waals surface area (Å²) >= 11 is 1.97. The molecule has 0 radical (unpaired) electrons. The molecule has 4 nitrogen and oxygen atoms in total. The Labute approximate surface area is 91.9 Å². The second kappa shape index (κ2) is 3.41. The lowest BCUT2D eigenvalue weighted by atomic mass is 10.1. The number of nitrogens with two attached hydrogens (primary N) is 1. The number of thioether (sulfide) groups is 1. The first-order valence-electron chi connectivity index (χ1n) is 5.03. The van der Waals surface area contributed by atoms with Crippen LogP contribution < -0.4 is 5.73 Å². The van der Waals surface area contributed by atoms with Crippen LogP contribution in [0.4, 0.5) is 5.69 Å². The van der Waals surface area contributed by atoms with Gasteiger partial charge in [-0.3, -0.25) is 0 Å². The van der Waals surface area contributed by atoms with Crippen molar-refractivity contribution in [3.8, 4) is 0 Å². The second-order valence-corrected chi connectivity index (χ2v) is 4.91. The first kappa shape index (κ1) is 9.03. The van der Waals surface area contributed by atoms with Gasteiger partial charge in [-0.05, 0) is 24.3 Å². The third-order valence-corrected chi connectivity index (χ3v) is 3.87. The third kappa shape index (κ3) is 1.47. The van der Waals surface area contributed by atoms with Gasteiger partial charge in [0.15, 0.2) is 11.5 Å². The van der Waals surface area contributed by atoms with Gasteiger partial charge < -0.3 is 5.73 Å². The highest BCUT2D eigenvalue weighted by atomic mass is 32.2. The van der Waals surface area contributed by atoms with E-state index in [1.807, 2.05) is 30.1 Å². The van der Waals surface area contributed by atoms with E-state index >= 15 is 0 Å². The first-order valence-corrected chi connectivity index (χ1v) is 6.18. The van der Waals surface area contributed by atoms with Gasteiger partial charge in [0.1, 0.15) is 0 Å². The van der Waals surface area contributed by atoms with Crippen LogP contribution in [0.5, 0.6) is 0 Å². The number of nitrogens with zero attached hydrogens (tertiary/aromatic N) is 3. The maximum Gasteiger partial charge on any atom is 0.178 e. The summed E-state index contributed by atoms with van der Waals surface area (Å²) in [5.41, 5.74) is 7.32. The predicted molar refractivity (Wildman–Crippen MR) is 62.1 cm³/mol. The van der Waals surface area contributed by atoms with Crippen molar-refractivity contribution >= 4 is 23.1 Å². The minimum absolute atomic E-state index is 0.509. The average molecular weight is 220 g/mol. The van der Waals surface area contributed by atoms with E-state index in [4.69, 9.17) is 5.73 Å². The molecule has 1 fully saturated rings. The van der Waals surface area contributed by atoms with Crippen molar-refractivity contribution in [1.29, 1.82) is 0 Å². The molecule has 78 valence electrons. The van der Waals surface area contributed by atoms with Crippen molar-refractivity contribution in [2.24, 2.45) is 0 Å². The van der Waals surface area contributed by atoms with Crippen LogP contribution in [0.25, 0.3) is 5.65 Å². The van der Waals surface area contributed by atoms with E-state index in [2.05, 4.69) is 10.1 Å². The highest BCUT2D eigenvalue weighted by molar-refractivity contribution is 7.99. The molecule has 3 rings (SSSR count). The lowest BCUT2D eigenvalue weighted by Gasteiger charge is -1.99. The number of nitrogen functional groups attached to an aromatic ring is 1. The lowest BCUT2D eigenvalue weighted by molar-refractivity contribution is 0.713. The average Bonchev–Trinajstić information content (AvgIpc) is 2.86. The minimum atomic E-state index is 0.509. The summed E-state index contributed by atoms with van der Waals surface area (Å²) in [7, 11) is 0. The van der Waals surface area contributed by atoms with Crippen molar-refractivity contribution in [3.05, 3.63) is 24.2 Å². The molecule has 2 aromatic rings. The zero-order valence-electron chi connectivity index (χ0n) is 8.26. The molecule has 0 aliphatic carbocycles. The largest absolute Gasteiger partial charge is 0.396 e. The highest BCUT2D eigenvalue weighted by Crippen LogP contribution is 2.30. The van der Waals surface area contributed by atoms with Gasteiger partial charge in [0.25, 0.3) is 0 Å². The standard InChI is InChI=1S/C10H12N4S/c11-8-2-1-4-14-10(8)12-9(13-14)7-3-5-15-6-7/h1-2,4,7H,3,5-6,11H2. The molecule has 0 spiro atoms. The Bertz CT molecular complexity index is 487. The Morgan fingerprint density at radius 1 is 1.53 bits per heavy atom. The van der Waals surface area contributed by atoms with E-state index in [1.54, 1.807) is 4.52 Å². The fourth-order valence-electron chi connectivity index (χ4n) is 1.85. The van der Waals surface area contributed by atoms with Gasteiger partial charge in [-0.25, -0.2) is 9.50 Å². The molecule has 5 heteroatoms. The summed E-state index contributed by atoms with van der Waals surface area (Å²) in [6.07, 6.45) is 3.08. The van der Waals surface area contributed by atoms with Crippen LogP contribution in [0.1, 0.15) is 18.2 Å². The Hall–Kier alpha value is -1.23. The SMILES string of the molecule is Nc1cccn2nc(C3CCSC3)nc12. The molecule has 1 aliphatic heterocycles. The normalized spacial score (nSPS) is 21.2. The quantitative estimate of drug-likeness (QED) is 0.792. The highest BCUT2D eigenvalue weighted by Gasteiger charge is 2.22. The third-order valence-electron chi connectivity index (χ3n) is 2.70. The van der Waals surface area contributed by atoms with E-state index in [0.29, 0.717) is 11.6 Å². The number of hydrogen-bond donors (Lipinski definition) is 1. The zero-order valence-corrected chi connectivity index (χ0v) is 9.07. The topological polar surface area (TPSA) is 56.2 Å². The van der Waals surface area contributed by atoms with Gasteiger partial charge in [-0.2, -0.15) is 16.9 Å². The number of fused-ring (bicyclic) bond motifs is 1. The van der Waals surface area contributed by atoms with Gasteiger partial charge in [0, 0.05) is 17.9 Å². The number of hydrogen-bond acceptors (Lipinski definition) is 4. The summed E-state index contributed by atoms with van der Waals surface area (Å²) in [6, 6.07) is 3.75. The van der Waals surface area contributed by atoms with Crippen LogP contribution in [-0.4, -0.2) is 26.1 Å². The maximum atomic E-state index is 5.84. The molecule has 0 amide bonds. The molecule has 3 heterocycles. The van der Waals surface area contributed by atoms with Crippen LogP contribution in [0, 0.1) is 0 Å². The van der Waals surface area contributed by atoms with Gasteiger partial charge >= 0.3 is 0 Å². The van der Waals surface area contributed by atoms with E-state index in [9.17, 15) is 0 Å². The fraction of sp³-hybridized carbons (Fsp3) is 0.400. The zero-order chi connectivity index (χ0) is 10.3. The Balaban J connectivity index is 2.09. The molecular weight excluding hydrogens is 208 g/mol. The number of anilines is 1. The summed E-state index contributed by atoms with van der Waals surface area (Å²) < 4.78 is 1.77. The van der Waals surface area contributed by atoms with Crippen molar-refractivity contribution < 1.29 is 0 Å². The van der Waals surface area contributed by atoms with E-state index < -0.39 is 0 Å². The van der Waals surface area contributed by atoms with Crippen molar-refractivity contribution in [3.63, 3.8) is 0 Å². The van der Waals surface area contributed by atoms with Crippen molar-refractivity contribution in [2.45, 2.75) is 12.3 Å². The Morgan fingerprint density at radius 2 is 2.47 bits per heavy atom. The van der Waals surface area contributed by atoms with Crippen molar-refractivity contribution in [2.75, 3.05) is 17.2 Å². The van der Waals surface area contributed by atoms with E-state index in [0.717, 1.165) is 17.2 Å². The molecular formula is C10H12N4S. The molecule has 1 atom stereocenters. The molecule has 1 unspecified atom stereocenters. The molecule has 15 heavy (non-hydrogen) atoms. The molecule has 1 aliphatic rings. The summed E-state index contributed by atoms with van der Waals surface area (Å²) in [5, 5.41) is 4.47. The minimum Gasteiger partial charge on any atom is -0.396 e. The second-order valence-electron chi connectivity index (χ2n) is 3.76. The molecule has 0 bridgehead atoms. The van der Waals surface area contributed by atoms with Crippen LogP contribution in [-0.2, 0) is 0 Å². The number of pyridine rings is 1. The van der Waals surface area contributed by atoms with E-state index in [1.165, 1.54) is 12.2 Å². The smallest absolute Gasteiger partial charge is 0.178 e. The molecule has 2 N–H and O–H groups in total. The van der Waals surface area contributed by atoms with Gasteiger partial charge in [0.2, 0.25) is 0 Å². The van der Waals surface area contributed by atoms with Crippen molar-refractivity contribution in [1.82, 2.24) is 14.6 Å². The predicted octanol–water partition coefficient (Wildman–Crippen LogP) is 1.53. The summed E-state index contributed by atoms with van der Waals surface area (Å²) in [4.78, 5) is 4.51. The van der Waals surface area contributed by atoms with Crippen LogP contribution in [0.3, 0.4) is 0 Å². The molecule has 0 saturated carbocycles. The monoisotopic (exact) mass is 220 g/mol. The maximum absolute atomic E-state index is 5.84. The van der Waals surface area contributed by atoms with Gasteiger partial charge in [-0.1, -0.05) is 0 Å². The van der Waals surface area contributed by atoms with Gasteiger partial charge in [-0.15, -0.1) is 0 Å². The van der Waals surface area contributed by atoms with Gasteiger partial charge in [0.05, 0.1) is 5.69 Å². The molecule has 0 aromatic carbocycles. The van der Waals surface area contributed by atoms with Crippen LogP contribution in [0.2, 0.25) is 0 Å². The number of rotatable bonds is 1. The summed E-state index contributed by atoms with van der Waals surface area (Å²) in [5.74, 6) is 3.80. The van der Waals surface area contributed by atoms with Crippen LogP contribution in [0.15, 0.2) is 18.3 Å². The lowest BCUT2D eigenvalue weighted by Crippen LogP contribution is -1.99. The first-order chi connectivity index (χ1) is 7.34. The Morgan fingerprint density at radius 3 is 3.20 bits per heavy atom. The number of aromatic nitrogens is 3. The molecule has 1 saturated heterocycles.